The van der Waals surface area contributed by atoms with Gasteiger partial charge in [-0.3, -0.25) is 29.0 Å². The van der Waals surface area contributed by atoms with E-state index in [0.29, 0.717) is 29.9 Å². The molecule has 9 heteroatoms. The third-order valence-corrected chi connectivity index (χ3v) is 6.64. The van der Waals surface area contributed by atoms with Gasteiger partial charge in [0.1, 0.15) is 5.54 Å². The largest absolute Gasteiger partial charge is 0.452 e. The molecular formula is C25H23N3O6. The maximum absolute atomic E-state index is 13.3. The maximum Gasteiger partial charge on any atom is 0.338 e. The number of carbonyl (C=O) groups is 5. The fourth-order valence-corrected chi connectivity index (χ4v) is 5.04. The van der Waals surface area contributed by atoms with E-state index in [0.717, 1.165) is 17.7 Å². The molecule has 0 radical (unpaired) electrons. The first kappa shape index (κ1) is 21.8. The summed E-state index contributed by atoms with van der Waals surface area (Å²) in [6.45, 7) is -0.548. The second-order valence-corrected chi connectivity index (χ2v) is 8.69. The van der Waals surface area contributed by atoms with Gasteiger partial charge in [0.05, 0.1) is 22.6 Å². The predicted molar refractivity (Wildman–Crippen MR) is 122 cm³/mol. The lowest BCUT2D eigenvalue weighted by atomic mass is 9.90. The van der Waals surface area contributed by atoms with Crippen molar-refractivity contribution in [3.05, 3.63) is 54.1 Å². The van der Waals surface area contributed by atoms with Crippen LogP contribution in [-0.2, 0) is 23.9 Å². The van der Waals surface area contributed by atoms with Crippen LogP contribution in [0.3, 0.4) is 0 Å². The highest BCUT2D eigenvalue weighted by Crippen LogP contribution is 2.45. The normalized spacial score (nSPS) is 18.8. The van der Waals surface area contributed by atoms with Crippen LogP contribution in [0.25, 0.3) is 0 Å². The van der Waals surface area contributed by atoms with Crippen molar-refractivity contribution in [1.29, 1.82) is 0 Å². The van der Waals surface area contributed by atoms with Crippen molar-refractivity contribution in [3.63, 3.8) is 0 Å². The zero-order valence-electron chi connectivity index (χ0n) is 18.4. The van der Waals surface area contributed by atoms with E-state index in [1.54, 1.807) is 36.4 Å². The summed E-state index contributed by atoms with van der Waals surface area (Å²) in [4.78, 5) is 65.6. The Morgan fingerprint density at radius 2 is 1.65 bits per heavy atom. The highest BCUT2D eigenvalue weighted by atomic mass is 16.5. The molecule has 0 aromatic heterocycles. The van der Waals surface area contributed by atoms with Crippen LogP contribution in [-0.4, -0.2) is 41.7 Å². The Morgan fingerprint density at radius 1 is 0.941 bits per heavy atom. The Bertz CT molecular complexity index is 1200. The summed E-state index contributed by atoms with van der Waals surface area (Å²) in [5.41, 5.74) is 0.536. The molecule has 174 valence electrons. The average Bonchev–Trinajstić information content (AvgIpc) is 3.45. The Kier molecular flexibility index (Phi) is 5.39. The molecule has 1 saturated carbocycles. The molecule has 1 aliphatic carbocycles. The van der Waals surface area contributed by atoms with Crippen LogP contribution in [0.5, 0.6) is 0 Å². The van der Waals surface area contributed by atoms with Gasteiger partial charge in [-0.25, -0.2) is 4.79 Å². The number of para-hydroxylation sites is 2. The molecule has 1 N–H and O–H groups in total. The molecule has 1 spiro atoms. The van der Waals surface area contributed by atoms with E-state index in [1.807, 2.05) is 0 Å². The molecule has 4 amide bonds. The zero-order valence-corrected chi connectivity index (χ0v) is 18.4. The van der Waals surface area contributed by atoms with Crippen molar-refractivity contribution in [3.8, 4) is 0 Å². The lowest BCUT2D eigenvalue weighted by Crippen LogP contribution is -2.61. The quantitative estimate of drug-likeness (QED) is 0.553. The maximum atomic E-state index is 13.3. The topological polar surface area (TPSA) is 113 Å². The molecule has 2 fully saturated rings. The SMILES string of the molecule is O=C(OCC(=O)N1c2ccccc2NC(=O)C12CCCC2)c1cccc(N2C(=O)CCC2=O)c1. The second kappa shape index (κ2) is 8.40. The van der Waals surface area contributed by atoms with Crippen molar-refractivity contribution in [1.82, 2.24) is 0 Å². The smallest absolute Gasteiger partial charge is 0.338 e. The third-order valence-electron chi connectivity index (χ3n) is 6.64. The number of carbonyl (C=O) groups excluding carboxylic acids is 5. The summed E-state index contributed by atoms with van der Waals surface area (Å²) in [5.74, 6) is -2.12. The number of imide groups is 1. The minimum Gasteiger partial charge on any atom is -0.452 e. The summed E-state index contributed by atoms with van der Waals surface area (Å²) in [5, 5.41) is 2.91. The lowest BCUT2D eigenvalue weighted by molar-refractivity contribution is -0.129. The summed E-state index contributed by atoms with van der Waals surface area (Å²) < 4.78 is 5.32. The fraction of sp³-hybridized carbons (Fsp3) is 0.320. The van der Waals surface area contributed by atoms with Crippen LogP contribution in [0, 0.1) is 0 Å². The van der Waals surface area contributed by atoms with Gasteiger partial charge in [0, 0.05) is 12.8 Å². The Labute approximate surface area is 195 Å². The van der Waals surface area contributed by atoms with Crippen LogP contribution >= 0.6 is 0 Å². The standard InChI is InChI=1S/C25H23N3O6/c29-20-10-11-21(30)27(20)17-7-5-6-16(14-17)23(32)34-15-22(31)28-19-9-2-1-8-18(19)26-24(33)25(28)12-3-4-13-25/h1-2,5-9,14H,3-4,10-13,15H2,(H,26,33). The van der Waals surface area contributed by atoms with Gasteiger partial charge < -0.3 is 10.1 Å². The molecule has 5 rings (SSSR count). The van der Waals surface area contributed by atoms with Crippen LogP contribution in [0.15, 0.2) is 48.5 Å². The first-order valence-electron chi connectivity index (χ1n) is 11.3. The summed E-state index contributed by atoms with van der Waals surface area (Å²) >= 11 is 0. The highest BCUT2D eigenvalue weighted by molar-refractivity contribution is 6.20. The van der Waals surface area contributed by atoms with Gasteiger partial charge in [0.2, 0.25) is 11.8 Å². The number of benzene rings is 2. The average molecular weight is 461 g/mol. The molecule has 0 atom stereocenters. The summed E-state index contributed by atoms with van der Waals surface area (Å²) in [6, 6.07) is 13.1. The number of esters is 1. The monoisotopic (exact) mass is 461 g/mol. The number of anilines is 3. The molecule has 2 aromatic carbocycles. The number of amides is 4. The number of hydrogen-bond acceptors (Lipinski definition) is 6. The number of nitrogens with one attached hydrogen (secondary N) is 1. The van der Waals surface area contributed by atoms with Crippen LogP contribution < -0.4 is 15.1 Å². The first-order chi connectivity index (χ1) is 16.4. The van der Waals surface area contributed by atoms with Gasteiger partial charge in [-0.2, -0.15) is 0 Å². The minimum atomic E-state index is -0.992. The third kappa shape index (κ3) is 3.53. The van der Waals surface area contributed by atoms with E-state index in [-0.39, 0.29) is 36.1 Å². The molecule has 3 aliphatic rings. The van der Waals surface area contributed by atoms with E-state index in [9.17, 15) is 24.0 Å². The van der Waals surface area contributed by atoms with E-state index < -0.39 is 24.0 Å². The van der Waals surface area contributed by atoms with Crippen molar-refractivity contribution in [2.24, 2.45) is 0 Å². The molecule has 2 aliphatic heterocycles. The number of hydrogen-bond donors (Lipinski definition) is 1. The van der Waals surface area contributed by atoms with Crippen molar-refractivity contribution in [2.45, 2.75) is 44.1 Å². The minimum absolute atomic E-state index is 0.116. The molecule has 0 unspecified atom stereocenters. The van der Waals surface area contributed by atoms with E-state index in [1.165, 1.54) is 17.0 Å². The van der Waals surface area contributed by atoms with Crippen molar-refractivity contribution >= 4 is 46.7 Å². The molecule has 1 saturated heterocycles. The number of nitrogens with zero attached hydrogens (tertiary/aromatic N) is 2. The van der Waals surface area contributed by atoms with E-state index in [2.05, 4.69) is 5.32 Å². The molecular weight excluding hydrogens is 438 g/mol. The van der Waals surface area contributed by atoms with Gasteiger partial charge in [-0.1, -0.05) is 31.0 Å². The van der Waals surface area contributed by atoms with Crippen molar-refractivity contribution < 1.29 is 28.7 Å². The molecule has 2 aromatic rings. The first-order valence-corrected chi connectivity index (χ1v) is 11.3. The summed E-state index contributed by atoms with van der Waals surface area (Å²) in [7, 11) is 0. The summed E-state index contributed by atoms with van der Waals surface area (Å²) in [6.07, 6.45) is 2.97. The van der Waals surface area contributed by atoms with E-state index in [4.69, 9.17) is 4.74 Å². The van der Waals surface area contributed by atoms with Crippen molar-refractivity contribution in [2.75, 3.05) is 21.7 Å². The second-order valence-electron chi connectivity index (χ2n) is 8.69. The van der Waals surface area contributed by atoms with Gasteiger partial charge >= 0.3 is 5.97 Å². The van der Waals surface area contributed by atoms with Gasteiger partial charge in [-0.15, -0.1) is 0 Å². The van der Waals surface area contributed by atoms with Gasteiger partial charge in [0.25, 0.3) is 11.8 Å². The Morgan fingerprint density at radius 3 is 2.38 bits per heavy atom. The fourth-order valence-electron chi connectivity index (χ4n) is 5.04. The lowest BCUT2D eigenvalue weighted by Gasteiger charge is -2.44. The number of ether oxygens (including phenoxy) is 1. The molecule has 9 nitrogen and oxygen atoms in total. The molecule has 34 heavy (non-hydrogen) atoms. The van der Waals surface area contributed by atoms with Crippen LogP contribution in [0.1, 0.15) is 48.9 Å². The zero-order chi connectivity index (χ0) is 23.9. The Hall–Kier alpha value is -4.01. The predicted octanol–water partition coefficient (Wildman–Crippen LogP) is 2.79. The number of fused-ring (bicyclic) bond motifs is 1. The molecule has 0 bridgehead atoms. The van der Waals surface area contributed by atoms with Crippen LogP contribution in [0.4, 0.5) is 17.1 Å². The van der Waals surface area contributed by atoms with Gasteiger partial charge in [-0.05, 0) is 43.2 Å². The van der Waals surface area contributed by atoms with Crippen LogP contribution in [0.2, 0.25) is 0 Å². The number of rotatable bonds is 4. The molecule has 2 heterocycles. The Balaban J connectivity index is 1.35. The highest BCUT2D eigenvalue weighted by Gasteiger charge is 2.52. The van der Waals surface area contributed by atoms with Gasteiger partial charge in [0.15, 0.2) is 6.61 Å². The van der Waals surface area contributed by atoms with E-state index >= 15 is 0 Å².